The summed E-state index contributed by atoms with van der Waals surface area (Å²) in [6, 6.07) is 0.447. The van der Waals surface area contributed by atoms with E-state index in [0.29, 0.717) is 12.1 Å². The van der Waals surface area contributed by atoms with Crippen LogP contribution in [0.3, 0.4) is 0 Å². The van der Waals surface area contributed by atoms with Gasteiger partial charge in [0.05, 0.1) is 17.3 Å². The van der Waals surface area contributed by atoms with Gasteiger partial charge in [0.15, 0.2) is 0 Å². The molecule has 1 aliphatic rings. The molecule has 0 radical (unpaired) electrons. The highest BCUT2D eigenvalue weighted by molar-refractivity contribution is 7.09. The number of nitrogens with one attached hydrogen (secondary N) is 1. The number of hydrogen-bond acceptors (Lipinski definition) is 4. The first-order valence-electron chi connectivity index (χ1n) is 8.12. The Hall–Kier alpha value is -0.450. The maximum absolute atomic E-state index is 5.90. The van der Waals surface area contributed by atoms with Crippen LogP contribution in [-0.2, 0) is 15.7 Å². The highest BCUT2D eigenvalue weighted by Gasteiger charge is 2.41. The first kappa shape index (κ1) is 16.9. The topological polar surface area (TPSA) is 34.2 Å². The van der Waals surface area contributed by atoms with Gasteiger partial charge in [-0.15, -0.1) is 11.3 Å². The molecule has 1 aromatic heterocycles. The summed E-state index contributed by atoms with van der Waals surface area (Å²) in [5, 5.41) is 7.28. The molecule has 1 aromatic rings. The fourth-order valence-electron chi connectivity index (χ4n) is 2.99. The average Bonchev–Trinajstić information content (AvgIpc) is 2.88. The van der Waals surface area contributed by atoms with Crippen molar-refractivity contribution in [3.63, 3.8) is 0 Å². The summed E-state index contributed by atoms with van der Waals surface area (Å²) in [4.78, 5) is 5.00. The summed E-state index contributed by atoms with van der Waals surface area (Å²) in [6.45, 7) is 14.2. The van der Waals surface area contributed by atoms with Gasteiger partial charge >= 0.3 is 0 Å². The molecule has 21 heavy (non-hydrogen) atoms. The van der Waals surface area contributed by atoms with Crippen LogP contribution in [0.15, 0.2) is 5.38 Å². The molecule has 0 bridgehead atoms. The number of ether oxygens (including phenoxy) is 1. The highest BCUT2D eigenvalue weighted by atomic mass is 32.1. The van der Waals surface area contributed by atoms with Crippen LogP contribution in [0.5, 0.6) is 0 Å². The van der Waals surface area contributed by atoms with Crippen LogP contribution in [-0.4, -0.2) is 23.7 Å². The standard InChI is InChI=1S/C17H30N2OS/c1-7-13-10-17(8-9-20-13,19-12(2)3)15-18-14(11-21-15)16(4,5)6/h11-13,19H,7-10H2,1-6H3. The van der Waals surface area contributed by atoms with Crippen LogP contribution in [0.25, 0.3) is 0 Å². The van der Waals surface area contributed by atoms with E-state index in [0.717, 1.165) is 25.9 Å². The van der Waals surface area contributed by atoms with Crippen LogP contribution in [0.4, 0.5) is 0 Å². The predicted octanol–water partition coefficient (Wildman–Crippen LogP) is 4.22. The van der Waals surface area contributed by atoms with Crippen molar-refractivity contribution in [1.82, 2.24) is 10.3 Å². The smallest absolute Gasteiger partial charge is 0.113 e. The van der Waals surface area contributed by atoms with Gasteiger partial charge in [-0.1, -0.05) is 27.7 Å². The van der Waals surface area contributed by atoms with Gasteiger partial charge in [0.2, 0.25) is 0 Å². The second-order valence-corrected chi connectivity index (χ2v) is 8.38. The first-order valence-corrected chi connectivity index (χ1v) is 9.00. The van der Waals surface area contributed by atoms with E-state index in [1.807, 2.05) is 11.3 Å². The average molecular weight is 311 g/mol. The number of hydrogen-bond donors (Lipinski definition) is 1. The first-order chi connectivity index (χ1) is 9.77. The molecule has 120 valence electrons. The van der Waals surface area contributed by atoms with E-state index in [9.17, 15) is 0 Å². The molecule has 1 fully saturated rings. The second kappa shape index (κ2) is 6.35. The lowest BCUT2D eigenvalue weighted by molar-refractivity contribution is -0.0346. The predicted molar refractivity (Wildman–Crippen MR) is 90.0 cm³/mol. The Morgan fingerprint density at radius 3 is 2.71 bits per heavy atom. The molecule has 0 spiro atoms. The fraction of sp³-hybridized carbons (Fsp3) is 0.824. The molecule has 3 nitrogen and oxygen atoms in total. The molecule has 1 saturated heterocycles. The van der Waals surface area contributed by atoms with Crippen LogP contribution >= 0.6 is 11.3 Å². The zero-order chi connectivity index (χ0) is 15.7. The van der Waals surface area contributed by atoms with E-state index in [2.05, 4.69) is 52.2 Å². The van der Waals surface area contributed by atoms with Crippen LogP contribution in [0.2, 0.25) is 0 Å². The Morgan fingerprint density at radius 1 is 1.48 bits per heavy atom. The number of nitrogens with zero attached hydrogens (tertiary/aromatic N) is 1. The molecule has 2 atom stereocenters. The van der Waals surface area contributed by atoms with Crippen LogP contribution < -0.4 is 5.32 Å². The van der Waals surface area contributed by atoms with Gasteiger partial charge in [-0.25, -0.2) is 4.98 Å². The Bertz CT molecular complexity index is 464. The molecule has 2 heterocycles. The lowest BCUT2D eigenvalue weighted by Gasteiger charge is -2.41. The zero-order valence-electron chi connectivity index (χ0n) is 14.3. The fourth-order valence-corrected chi connectivity index (χ4v) is 4.24. The van der Waals surface area contributed by atoms with Crippen molar-refractivity contribution in [3.8, 4) is 0 Å². The van der Waals surface area contributed by atoms with Crippen LogP contribution in [0.1, 0.15) is 71.5 Å². The Labute approximate surface area is 133 Å². The van der Waals surface area contributed by atoms with E-state index in [4.69, 9.17) is 9.72 Å². The molecule has 0 saturated carbocycles. The van der Waals surface area contributed by atoms with Gasteiger partial charge in [0.25, 0.3) is 0 Å². The van der Waals surface area contributed by atoms with Crippen molar-refractivity contribution >= 4 is 11.3 Å². The zero-order valence-corrected chi connectivity index (χ0v) is 15.1. The summed E-state index contributed by atoms with van der Waals surface area (Å²) in [7, 11) is 0. The largest absolute Gasteiger partial charge is 0.378 e. The van der Waals surface area contributed by atoms with Gasteiger partial charge in [0, 0.05) is 23.4 Å². The summed E-state index contributed by atoms with van der Waals surface area (Å²) >= 11 is 1.81. The summed E-state index contributed by atoms with van der Waals surface area (Å²) in [5.74, 6) is 0. The summed E-state index contributed by atoms with van der Waals surface area (Å²) in [5.41, 5.74) is 1.30. The molecule has 0 aromatic carbocycles. The van der Waals surface area contributed by atoms with Crippen LogP contribution in [0, 0.1) is 0 Å². The van der Waals surface area contributed by atoms with E-state index >= 15 is 0 Å². The minimum atomic E-state index is -0.0126. The third-order valence-corrected chi connectivity index (χ3v) is 5.21. The van der Waals surface area contributed by atoms with Crippen molar-refractivity contribution in [2.24, 2.45) is 0 Å². The number of aromatic nitrogens is 1. The van der Waals surface area contributed by atoms with E-state index in [1.165, 1.54) is 10.7 Å². The molecule has 1 N–H and O–H groups in total. The normalized spacial score (nSPS) is 27.3. The number of thiazole rings is 1. The monoisotopic (exact) mass is 310 g/mol. The Kier molecular flexibility index (Phi) is 5.11. The van der Waals surface area contributed by atoms with Crippen molar-refractivity contribution in [3.05, 3.63) is 16.1 Å². The lowest BCUT2D eigenvalue weighted by atomic mass is 9.85. The lowest BCUT2D eigenvalue weighted by Crippen LogP contribution is -2.51. The third-order valence-electron chi connectivity index (χ3n) is 4.16. The molecular formula is C17H30N2OS. The van der Waals surface area contributed by atoms with Crippen molar-refractivity contribution in [2.75, 3.05) is 6.61 Å². The van der Waals surface area contributed by atoms with Crippen molar-refractivity contribution in [1.29, 1.82) is 0 Å². The maximum Gasteiger partial charge on any atom is 0.113 e. The molecule has 2 rings (SSSR count). The van der Waals surface area contributed by atoms with E-state index < -0.39 is 0 Å². The molecule has 0 aliphatic carbocycles. The van der Waals surface area contributed by atoms with Crippen molar-refractivity contribution in [2.45, 2.75) is 83.9 Å². The van der Waals surface area contributed by atoms with Gasteiger partial charge in [-0.2, -0.15) is 0 Å². The van der Waals surface area contributed by atoms with Gasteiger partial charge in [0.1, 0.15) is 5.01 Å². The molecule has 4 heteroatoms. The third kappa shape index (κ3) is 3.85. The minimum absolute atomic E-state index is 0.0126. The second-order valence-electron chi connectivity index (χ2n) is 7.52. The minimum Gasteiger partial charge on any atom is -0.378 e. The maximum atomic E-state index is 5.90. The van der Waals surface area contributed by atoms with Crippen molar-refractivity contribution < 1.29 is 4.74 Å². The van der Waals surface area contributed by atoms with Gasteiger partial charge < -0.3 is 10.1 Å². The Balaban J connectivity index is 2.33. The summed E-state index contributed by atoms with van der Waals surface area (Å²) in [6.07, 6.45) is 3.45. The van der Waals surface area contributed by atoms with E-state index in [1.54, 1.807) is 0 Å². The SMILES string of the molecule is CCC1CC(NC(C)C)(c2nc(C(C)(C)C)cs2)CCO1. The molecular weight excluding hydrogens is 280 g/mol. The van der Waals surface area contributed by atoms with Gasteiger partial charge in [-0.05, 0) is 33.1 Å². The summed E-state index contributed by atoms with van der Waals surface area (Å²) < 4.78 is 5.90. The molecule has 1 aliphatic heterocycles. The molecule has 2 unspecified atom stereocenters. The molecule has 0 amide bonds. The highest BCUT2D eigenvalue weighted by Crippen LogP contribution is 2.39. The van der Waals surface area contributed by atoms with E-state index in [-0.39, 0.29) is 11.0 Å². The quantitative estimate of drug-likeness (QED) is 0.904. The Morgan fingerprint density at radius 2 is 2.19 bits per heavy atom. The number of rotatable bonds is 4. The van der Waals surface area contributed by atoms with Gasteiger partial charge in [-0.3, -0.25) is 0 Å².